The lowest BCUT2D eigenvalue weighted by Crippen LogP contribution is -2.54. The smallest absolute Gasteiger partial charge is 0.258 e. The van der Waals surface area contributed by atoms with Crippen LogP contribution in [0, 0.1) is 11.8 Å². The van der Waals surface area contributed by atoms with Gasteiger partial charge in [0.15, 0.2) is 5.60 Å². The third kappa shape index (κ3) is 5.02. The zero-order valence-corrected chi connectivity index (χ0v) is 18.3. The van der Waals surface area contributed by atoms with Gasteiger partial charge in [-0.2, -0.15) is 0 Å². The van der Waals surface area contributed by atoms with Crippen molar-refractivity contribution in [2.75, 3.05) is 19.6 Å². The Labute approximate surface area is 180 Å². The van der Waals surface area contributed by atoms with Gasteiger partial charge < -0.3 is 15.3 Å². The summed E-state index contributed by atoms with van der Waals surface area (Å²) in [5.74, 6) is 0.516. The molecule has 1 atom stereocenters. The van der Waals surface area contributed by atoms with E-state index in [1.165, 1.54) is 51.4 Å². The molecule has 166 valence electrons. The zero-order chi connectivity index (χ0) is 20.8. The molecule has 1 amide bonds. The van der Waals surface area contributed by atoms with Crippen LogP contribution >= 0.6 is 0 Å². The van der Waals surface area contributed by atoms with Crippen LogP contribution in [0.25, 0.3) is 0 Å². The van der Waals surface area contributed by atoms with Gasteiger partial charge in [-0.1, -0.05) is 38.5 Å². The van der Waals surface area contributed by atoms with Crippen LogP contribution in [0.2, 0.25) is 0 Å². The number of aromatic nitrogens is 2. The molecule has 30 heavy (non-hydrogen) atoms. The summed E-state index contributed by atoms with van der Waals surface area (Å²) in [6.45, 7) is 3.29. The van der Waals surface area contributed by atoms with Crippen molar-refractivity contribution in [3.05, 3.63) is 24.3 Å². The first-order valence-corrected chi connectivity index (χ1v) is 12.2. The highest BCUT2D eigenvalue weighted by Gasteiger charge is 2.48. The van der Waals surface area contributed by atoms with Crippen molar-refractivity contribution in [1.82, 2.24) is 20.2 Å². The van der Waals surface area contributed by atoms with Gasteiger partial charge in [-0.05, 0) is 50.5 Å². The molecule has 2 heterocycles. The Morgan fingerprint density at radius 3 is 2.33 bits per heavy atom. The summed E-state index contributed by atoms with van der Waals surface area (Å²) in [5.41, 5.74) is -1.11. The van der Waals surface area contributed by atoms with E-state index >= 15 is 0 Å². The number of nitrogens with zero attached hydrogens (tertiary/aromatic N) is 3. The van der Waals surface area contributed by atoms with Gasteiger partial charge in [-0.15, -0.1) is 0 Å². The number of amides is 1. The SMILES string of the molecule is O=C(NC1CCN(CC2CCCCCC2)CC1)C(O)(c1ccncn1)C1CCCC1. The third-order valence-electron chi connectivity index (χ3n) is 7.68. The highest BCUT2D eigenvalue weighted by atomic mass is 16.3. The van der Waals surface area contributed by atoms with Crippen LogP contribution in [-0.2, 0) is 10.4 Å². The number of nitrogens with one attached hydrogen (secondary N) is 1. The molecule has 3 aliphatic rings. The van der Waals surface area contributed by atoms with Gasteiger partial charge in [-0.3, -0.25) is 4.79 Å². The Bertz CT molecular complexity index is 663. The van der Waals surface area contributed by atoms with Gasteiger partial charge in [-0.25, -0.2) is 9.97 Å². The molecule has 0 aromatic carbocycles. The van der Waals surface area contributed by atoms with Crippen LogP contribution in [0.1, 0.15) is 82.7 Å². The van der Waals surface area contributed by atoms with Crippen LogP contribution in [0.5, 0.6) is 0 Å². The molecule has 2 aliphatic carbocycles. The predicted molar refractivity (Wildman–Crippen MR) is 117 cm³/mol. The van der Waals surface area contributed by atoms with Gasteiger partial charge >= 0.3 is 0 Å². The van der Waals surface area contributed by atoms with E-state index in [0.29, 0.717) is 5.69 Å². The number of hydrogen-bond donors (Lipinski definition) is 2. The number of hydrogen-bond acceptors (Lipinski definition) is 5. The first-order chi connectivity index (χ1) is 14.7. The number of carbonyl (C=O) groups is 1. The number of rotatable bonds is 6. The molecule has 0 radical (unpaired) electrons. The quantitative estimate of drug-likeness (QED) is 0.698. The summed E-state index contributed by atoms with van der Waals surface area (Å²) in [6, 6.07) is 1.82. The van der Waals surface area contributed by atoms with Crippen molar-refractivity contribution < 1.29 is 9.90 Å². The van der Waals surface area contributed by atoms with E-state index in [-0.39, 0.29) is 17.9 Å². The summed E-state index contributed by atoms with van der Waals surface area (Å²) in [6.07, 6.45) is 17.2. The van der Waals surface area contributed by atoms with Crippen LogP contribution in [-0.4, -0.2) is 51.6 Å². The molecule has 6 nitrogen and oxygen atoms in total. The highest BCUT2D eigenvalue weighted by molar-refractivity contribution is 5.86. The zero-order valence-electron chi connectivity index (χ0n) is 18.3. The molecule has 6 heteroatoms. The Kier molecular flexibility index (Phi) is 7.37. The number of aliphatic hydroxyl groups is 1. The lowest BCUT2D eigenvalue weighted by Gasteiger charge is -2.37. The van der Waals surface area contributed by atoms with Gasteiger partial charge in [0.25, 0.3) is 5.91 Å². The second kappa shape index (κ2) is 10.2. The van der Waals surface area contributed by atoms with Crippen molar-refractivity contribution in [2.45, 2.75) is 88.7 Å². The molecule has 1 aromatic heterocycles. The Morgan fingerprint density at radius 1 is 1.03 bits per heavy atom. The van der Waals surface area contributed by atoms with E-state index in [1.807, 2.05) is 0 Å². The normalized spacial score (nSPS) is 25.0. The summed E-state index contributed by atoms with van der Waals surface area (Å²) >= 11 is 0. The predicted octanol–water partition coefficient (Wildman–Crippen LogP) is 3.41. The summed E-state index contributed by atoms with van der Waals surface area (Å²) in [5, 5.41) is 14.8. The molecule has 1 aliphatic heterocycles. The van der Waals surface area contributed by atoms with Gasteiger partial charge in [0.05, 0.1) is 5.69 Å². The maximum atomic E-state index is 13.3. The lowest BCUT2D eigenvalue weighted by molar-refractivity contribution is -0.149. The Hall–Kier alpha value is -1.53. The van der Waals surface area contributed by atoms with Gasteiger partial charge in [0, 0.05) is 37.8 Å². The van der Waals surface area contributed by atoms with E-state index in [4.69, 9.17) is 0 Å². The molecular formula is C24H38N4O2. The molecular weight excluding hydrogens is 376 g/mol. The van der Waals surface area contributed by atoms with Crippen LogP contribution in [0.15, 0.2) is 18.6 Å². The number of piperidine rings is 1. The van der Waals surface area contributed by atoms with Crippen LogP contribution in [0.3, 0.4) is 0 Å². The average Bonchev–Trinajstić information content (AvgIpc) is 3.21. The first-order valence-electron chi connectivity index (χ1n) is 12.2. The van der Waals surface area contributed by atoms with Crippen molar-refractivity contribution in [1.29, 1.82) is 0 Å². The number of carbonyl (C=O) groups excluding carboxylic acids is 1. The topological polar surface area (TPSA) is 78.4 Å². The molecule has 0 spiro atoms. The van der Waals surface area contributed by atoms with E-state index in [0.717, 1.165) is 57.5 Å². The van der Waals surface area contributed by atoms with Gasteiger partial charge in [0.1, 0.15) is 6.33 Å². The minimum absolute atomic E-state index is 0.0669. The van der Waals surface area contributed by atoms with E-state index in [9.17, 15) is 9.90 Å². The minimum Gasteiger partial charge on any atom is -0.374 e. The second-order valence-corrected chi connectivity index (χ2v) is 9.75. The maximum absolute atomic E-state index is 13.3. The molecule has 1 aromatic rings. The number of likely N-dealkylation sites (tertiary alicyclic amines) is 1. The second-order valence-electron chi connectivity index (χ2n) is 9.75. The summed E-state index contributed by atoms with van der Waals surface area (Å²) in [4.78, 5) is 24.1. The van der Waals surface area contributed by atoms with Crippen LogP contribution < -0.4 is 5.32 Å². The van der Waals surface area contributed by atoms with Crippen molar-refractivity contribution in [2.24, 2.45) is 11.8 Å². The molecule has 2 N–H and O–H groups in total. The van der Waals surface area contributed by atoms with Crippen LogP contribution in [0.4, 0.5) is 0 Å². The maximum Gasteiger partial charge on any atom is 0.258 e. The minimum atomic E-state index is -1.54. The fourth-order valence-electron chi connectivity index (χ4n) is 5.84. The standard InChI is InChI=1S/C24H38N4O2/c29-23(24(30,20-9-5-6-10-20)22-11-14-25-18-26-22)27-21-12-15-28(16-13-21)17-19-7-3-1-2-4-8-19/h11,14,18-21,30H,1-10,12-13,15-17H2,(H,27,29). The fraction of sp³-hybridized carbons (Fsp3) is 0.792. The largest absolute Gasteiger partial charge is 0.374 e. The molecule has 1 saturated heterocycles. The fourth-order valence-corrected chi connectivity index (χ4v) is 5.84. The molecule has 3 fully saturated rings. The molecule has 4 rings (SSSR count). The monoisotopic (exact) mass is 414 g/mol. The Morgan fingerprint density at radius 2 is 1.70 bits per heavy atom. The summed E-state index contributed by atoms with van der Waals surface area (Å²) in [7, 11) is 0. The van der Waals surface area contributed by atoms with E-state index in [1.54, 1.807) is 12.3 Å². The van der Waals surface area contributed by atoms with Gasteiger partial charge in [0.2, 0.25) is 0 Å². The molecule has 0 bridgehead atoms. The lowest BCUT2D eigenvalue weighted by atomic mass is 9.81. The molecule has 2 saturated carbocycles. The summed E-state index contributed by atoms with van der Waals surface area (Å²) < 4.78 is 0. The first kappa shape index (κ1) is 21.7. The van der Waals surface area contributed by atoms with E-state index < -0.39 is 5.60 Å². The van der Waals surface area contributed by atoms with Crippen molar-refractivity contribution in [3.63, 3.8) is 0 Å². The third-order valence-corrected chi connectivity index (χ3v) is 7.68. The van der Waals surface area contributed by atoms with Crippen molar-refractivity contribution >= 4 is 5.91 Å². The highest BCUT2D eigenvalue weighted by Crippen LogP contribution is 2.40. The van der Waals surface area contributed by atoms with Crippen molar-refractivity contribution in [3.8, 4) is 0 Å². The van der Waals surface area contributed by atoms with E-state index in [2.05, 4.69) is 20.2 Å². The average molecular weight is 415 g/mol. The Balaban J connectivity index is 1.33. The molecule has 1 unspecified atom stereocenters.